The lowest BCUT2D eigenvalue weighted by molar-refractivity contribution is -0.384. The summed E-state index contributed by atoms with van der Waals surface area (Å²) in [5.41, 5.74) is 0.680. The Morgan fingerprint density at radius 3 is 2.77 bits per heavy atom. The molecule has 0 bridgehead atoms. The molecule has 0 saturated carbocycles. The molecule has 0 aliphatic carbocycles. The smallest absolute Gasteiger partial charge is 0.293 e. The molecule has 2 heterocycles. The van der Waals surface area contributed by atoms with Gasteiger partial charge in [0.05, 0.1) is 30.2 Å². The molecule has 1 fully saturated rings. The number of anilines is 1. The number of pyridine rings is 1. The maximum absolute atomic E-state index is 12.7. The molecule has 0 radical (unpaired) electrons. The number of aromatic nitrogens is 1. The molecule has 1 aliphatic rings. The molecular formula is C17H18N4O5. The molecule has 1 aromatic carbocycles. The molecule has 0 atom stereocenters. The highest BCUT2D eigenvalue weighted by atomic mass is 16.6. The summed E-state index contributed by atoms with van der Waals surface area (Å²) in [6.45, 7) is 1.82. The number of para-hydroxylation sites is 1. The summed E-state index contributed by atoms with van der Waals surface area (Å²) >= 11 is 0. The van der Waals surface area contributed by atoms with Crippen LogP contribution in [0.2, 0.25) is 0 Å². The molecule has 2 aromatic rings. The van der Waals surface area contributed by atoms with Crippen molar-refractivity contribution in [3.63, 3.8) is 0 Å². The number of carbonyl (C=O) groups is 1. The fourth-order valence-electron chi connectivity index (χ4n) is 2.81. The van der Waals surface area contributed by atoms with Crippen molar-refractivity contribution in [2.45, 2.75) is 6.54 Å². The van der Waals surface area contributed by atoms with Crippen LogP contribution in [0, 0.1) is 10.1 Å². The number of benzene rings is 1. The van der Waals surface area contributed by atoms with Crippen molar-refractivity contribution in [3.8, 4) is 5.75 Å². The highest BCUT2D eigenvalue weighted by molar-refractivity contribution is 6.02. The molecule has 0 unspecified atom stereocenters. The zero-order valence-electron chi connectivity index (χ0n) is 13.9. The summed E-state index contributed by atoms with van der Waals surface area (Å²) < 4.78 is 5.29. The Morgan fingerprint density at radius 2 is 2.08 bits per heavy atom. The third-order valence-corrected chi connectivity index (χ3v) is 4.07. The Hall–Kier alpha value is -3.20. The zero-order chi connectivity index (χ0) is 18.5. The van der Waals surface area contributed by atoms with Crippen molar-refractivity contribution in [2.24, 2.45) is 0 Å². The monoisotopic (exact) mass is 358 g/mol. The summed E-state index contributed by atoms with van der Waals surface area (Å²) in [5.74, 6) is -0.500. The molecule has 136 valence electrons. The van der Waals surface area contributed by atoms with E-state index in [0.29, 0.717) is 32.0 Å². The third kappa shape index (κ3) is 3.72. The average molecular weight is 358 g/mol. The highest BCUT2D eigenvalue weighted by Crippen LogP contribution is 2.32. The van der Waals surface area contributed by atoms with Crippen molar-refractivity contribution in [1.29, 1.82) is 0 Å². The van der Waals surface area contributed by atoms with E-state index >= 15 is 0 Å². The largest absolute Gasteiger partial charge is 0.506 e. The van der Waals surface area contributed by atoms with E-state index in [0.717, 1.165) is 0 Å². The van der Waals surface area contributed by atoms with Gasteiger partial charge in [0.25, 0.3) is 11.6 Å². The minimum Gasteiger partial charge on any atom is -0.506 e. The number of morpholine rings is 1. The van der Waals surface area contributed by atoms with E-state index in [9.17, 15) is 20.0 Å². The minimum atomic E-state index is -0.494. The fourth-order valence-corrected chi connectivity index (χ4v) is 2.81. The van der Waals surface area contributed by atoms with Gasteiger partial charge in [0.2, 0.25) is 0 Å². The van der Waals surface area contributed by atoms with Gasteiger partial charge in [-0.15, -0.1) is 0 Å². The Balaban J connectivity index is 1.88. The fraction of sp³-hybridized carbons (Fsp3) is 0.294. The van der Waals surface area contributed by atoms with E-state index in [1.807, 2.05) is 0 Å². The first-order valence-electron chi connectivity index (χ1n) is 8.09. The van der Waals surface area contributed by atoms with Gasteiger partial charge in [0.15, 0.2) is 0 Å². The number of nitrogens with zero attached hydrogens (tertiary/aromatic N) is 3. The van der Waals surface area contributed by atoms with Gasteiger partial charge in [-0.05, 0) is 18.2 Å². The van der Waals surface area contributed by atoms with Crippen LogP contribution < -0.4 is 10.2 Å². The number of aromatic hydroxyl groups is 1. The highest BCUT2D eigenvalue weighted by Gasteiger charge is 2.27. The molecule has 9 nitrogen and oxygen atoms in total. The van der Waals surface area contributed by atoms with Crippen LogP contribution in [-0.2, 0) is 11.3 Å². The van der Waals surface area contributed by atoms with Gasteiger partial charge >= 0.3 is 0 Å². The van der Waals surface area contributed by atoms with Crippen molar-refractivity contribution in [1.82, 2.24) is 10.3 Å². The normalized spacial score (nSPS) is 14.1. The van der Waals surface area contributed by atoms with E-state index in [1.165, 1.54) is 24.4 Å². The number of nitro groups is 1. The van der Waals surface area contributed by atoms with Crippen molar-refractivity contribution >= 4 is 17.3 Å². The third-order valence-electron chi connectivity index (χ3n) is 4.07. The van der Waals surface area contributed by atoms with Crippen LogP contribution in [0.1, 0.15) is 16.1 Å². The molecule has 9 heteroatoms. The maximum Gasteiger partial charge on any atom is 0.293 e. The maximum atomic E-state index is 12.7. The Labute approximate surface area is 149 Å². The van der Waals surface area contributed by atoms with Crippen LogP contribution in [0.3, 0.4) is 0 Å². The van der Waals surface area contributed by atoms with Crippen molar-refractivity contribution < 1.29 is 19.6 Å². The van der Waals surface area contributed by atoms with Crippen LogP contribution in [0.4, 0.5) is 11.4 Å². The lowest BCUT2D eigenvalue weighted by atomic mass is 10.1. The summed E-state index contributed by atoms with van der Waals surface area (Å²) in [6, 6.07) is 7.46. The number of carbonyl (C=O) groups excluding carboxylic acids is 1. The molecule has 26 heavy (non-hydrogen) atoms. The second-order valence-corrected chi connectivity index (χ2v) is 5.68. The standard InChI is InChI=1S/C17H18N4O5/c22-15-5-2-6-18-13(15)11-19-17(23)12-3-1-4-14(21(24)25)16(12)20-7-9-26-10-8-20/h1-6,22H,7-11H2,(H,19,23). The van der Waals surface area contributed by atoms with Gasteiger partial charge in [-0.2, -0.15) is 0 Å². The van der Waals surface area contributed by atoms with Crippen LogP contribution in [0.5, 0.6) is 5.75 Å². The van der Waals surface area contributed by atoms with Crippen molar-refractivity contribution in [3.05, 3.63) is 57.9 Å². The lowest BCUT2D eigenvalue weighted by Crippen LogP contribution is -2.38. The van der Waals surface area contributed by atoms with Crippen molar-refractivity contribution in [2.75, 3.05) is 31.2 Å². The molecule has 1 amide bonds. The number of hydrogen-bond acceptors (Lipinski definition) is 7. The molecule has 0 spiro atoms. The minimum absolute atomic E-state index is 0.0107. The van der Waals surface area contributed by atoms with Gasteiger partial charge in [-0.3, -0.25) is 19.9 Å². The van der Waals surface area contributed by atoms with Gasteiger partial charge in [-0.25, -0.2) is 0 Å². The molecule has 3 rings (SSSR count). The first kappa shape index (κ1) is 17.6. The first-order valence-corrected chi connectivity index (χ1v) is 8.09. The second-order valence-electron chi connectivity index (χ2n) is 5.68. The summed E-state index contributed by atoms with van der Waals surface area (Å²) in [6.07, 6.45) is 1.51. The number of hydrogen-bond donors (Lipinski definition) is 2. The van der Waals surface area contributed by atoms with E-state index in [1.54, 1.807) is 17.0 Å². The Kier molecular flexibility index (Phi) is 5.28. The quantitative estimate of drug-likeness (QED) is 0.613. The first-order chi connectivity index (χ1) is 12.6. The van der Waals surface area contributed by atoms with E-state index in [2.05, 4.69) is 10.3 Å². The van der Waals surface area contributed by atoms with Crippen LogP contribution >= 0.6 is 0 Å². The molecule has 1 aliphatic heterocycles. The zero-order valence-corrected chi connectivity index (χ0v) is 13.9. The predicted octanol–water partition coefficient (Wildman–Crippen LogP) is 1.46. The van der Waals surface area contributed by atoms with Gasteiger partial charge in [0.1, 0.15) is 17.1 Å². The van der Waals surface area contributed by atoms with E-state index in [-0.39, 0.29) is 29.2 Å². The van der Waals surface area contributed by atoms with Crippen LogP contribution in [-0.4, -0.2) is 47.2 Å². The Bertz CT molecular complexity index is 821. The van der Waals surface area contributed by atoms with E-state index < -0.39 is 10.8 Å². The second kappa shape index (κ2) is 7.79. The number of ether oxygens (including phenoxy) is 1. The number of rotatable bonds is 5. The van der Waals surface area contributed by atoms with Gasteiger partial charge < -0.3 is 20.1 Å². The number of amides is 1. The predicted molar refractivity (Wildman–Crippen MR) is 93.2 cm³/mol. The van der Waals surface area contributed by atoms with E-state index in [4.69, 9.17) is 4.74 Å². The number of nitro benzene ring substituents is 1. The van der Waals surface area contributed by atoms with Gasteiger partial charge in [-0.1, -0.05) is 6.07 Å². The summed E-state index contributed by atoms with van der Waals surface area (Å²) in [4.78, 5) is 29.4. The lowest BCUT2D eigenvalue weighted by Gasteiger charge is -2.29. The summed E-state index contributed by atoms with van der Waals surface area (Å²) in [7, 11) is 0. The van der Waals surface area contributed by atoms with Crippen LogP contribution in [0.25, 0.3) is 0 Å². The topological polar surface area (TPSA) is 118 Å². The van der Waals surface area contributed by atoms with Gasteiger partial charge in [0, 0.05) is 25.4 Å². The number of nitrogens with one attached hydrogen (secondary N) is 1. The van der Waals surface area contributed by atoms with Crippen LogP contribution in [0.15, 0.2) is 36.5 Å². The Morgan fingerprint density at radius 1 is 1.31 bits per heavy atom. The summed E-state index contributed by atoms with van der Waals surface area (Å²) in [5, 5.41) is 23.8. The molecule has 1 saturated heterocycles. The average Bonchev–Trinajstić information content (AvgIpc) is 2.67. The molecule has 2 N–H and O–H groups in total. The molecule has 1 aromatic heterocycles. The molecular weight excluding hydrogens is 340 g/mol. The SMILES string of the molecule is O=C(NCc1ncccc1O)c1cccc([N+](=O)[O-])c1N1CCOCC1.